The summed E-state index contributed by atoms with van der Waals surface area (Å²) >= 11 is 6.99. The van der Waals surface area contributed by atoms with Gasteiger partial charge < -0.3 is 9.73 Å². The number of halogens is 1. The lowest BCUT2D eigenvalue weighted by atomic mass is 10.2. The van der Waals surface area contributed by atoms with E-state index in [0.29, 0.717) is 10.6 Å². The molecule has 1 atom stereocenters. The average molecular weight is 405 g/mol. The third kappa shape index (κ3) is 4.63. The summed E-state index contributed by atoms with van der Waals surface area (Å²) < 4.78 is 5.55. The fourth-order valence-corrected chi connectivity index (χ4v) is 3.05. The number of nitro groups is 1. The van der Waals surface area contributed by atoms with Crippen LogP contribution in [0.5, 0.6) is 0 Å². The lowest BCUT2D eigenvalue weighted by Crippen LogP contribution is -2.22. The van der Waals surface area contributed by atoms with Crippen molar-refractivity contribution in [3.63, 3.8) is 0 Å². The highest BCUT2D eigenvalue weighted by Gasteiger charge is 2.22. The molecule has 0 unspecified atom stereocenters. The molecule has 0 spiro atoms. The van der Waals surface area contributed by atoms with Crippen molar-refractivity contribution >= 4 is 40.6 Å². The van der Waals surface area contributed by atoms with Gasteiger partial charge in [-0.3, -0.25) is 14.9 Å². The third-order valence-electron chi connectivity index (χ3n) is 3.48. The van der Waals surface area contributed by atoms with Gasteiger partial charge in [0.05, 0.1) is 10.2 Å². The second-order valence-electron chi connectivity index (χ2n) is 5.41. The Labute approximate surface area is 163 Å². The minimum Gasteiger partial charge on any atom is -0.411 e. The average Bonchev–Trinajstić information content (AvgIpc) is 3.10. The Morgan fingerprint density at radius 2 is 2.04 bits per heavy atom. The normalized spacial score (nSPS) is 11.8. The first-order valence-corrected chi connectivity index (χ1v) is 9.00. The van der Waals surface area contributed by atoms with Gasteiger partial charge in [-0.15, -0.1) is 10.2 Å². The summed E-state index contributed by atoms with van der Waals surface area (Å²) in [6, 6.07) is 12.9. The van der Waals surface area contributed by atoms with Crippen molar-refractivity contribution in [2.75, 3.05) is 5.32 Å². The van der Waals surface area contributed by atoms with Crippen LogP contribution in [-0.4, -0.2) is 26.3 Å². The van der Waals surface area contributed by atoms with E-state index in [2.05, 4.69) is 15.5 Å². The van der Waals surface area contributed by atoms with Crippen LogP contribution in [0.25, 0.3) is 11.5 Å². The van der Waals surface area contributed by atoms with Gasteiger partial charge in [-0.2, -0.15) is 0 Å². The van der Waals surface area contributed by atoms with Crippen LogP contribution < -0.4 is 5.32 Å². The summed E-state index contributed by atoms with van der Waals surface area (Å²) in [6.45, 7) is 1.64. The molecule has 3 rings (SSSR count). The molecule has 2 aromatic carbocycles. The molecule has 10 heteroatoms. The Morgan fingerprint density at radius 3 is 2.78 bits per heavy atom. The summed E-state index contributed by atoms with van der Waals surface area (Å²) in [5.74, 6) is -0.136. The van der Waals surface area contributed by atoms with Crippen LogP contribution in [0.3, 0.4) is 0 Å². The lowest BCUT2D eigenvalue weighted by molar-refractivity contribution is -0.383. The monoisotopic (exact) mass is 404 g/mol. The molecule has 8 nitrogen and oxygen atoms in total. The number of carbonyl (C=O) groups excluding carboxylic acids is 1. The van der Waals surface area contributed by atoms with Crippen LogP contribution in [0.1, 0.15) is 6.92 Å². The van der Waals surface area contributed by atoms with Gasteiger partial charge in [-0.1, -0.05) is 41.6 Å². The Balaban J connectivity index is 1.68. The van der Waals surface area contributed by atoms with Crippen molar-refractivity contribution in [3.05, 3.63) is 63.7 Å². The summed E-state index contributed by atoms with van der Waals surface area (Å²) in [6.07, 6.45) is 0. The molecular formula is C17H13ClN4O4S. The van der Waals surface area contributed by atoms with Gasteiger partial charge in [0, 0.05) is 16.7 Å². The maximum Gasteiger partial charge on any atom is 0.292 e. The Kier molecular flexibility index (Phi) is 5.72. The van der Waals surface area contributed by atoms with Gasteiger partial charge in [0.15, 0.2) is 0 Å². The highest BCUT2D eigenvalue weighted by Crippen LogP contribution is 2.29. The van der Waals surface area contributed by atoms with E-state index in [1.54, 1.807) is 37.3 Å². The molecule has 1 N–H and O–H groups in total. The number of thioether (sulfide) groups is 1. The van der Waals surface area contributed by atoms with Crippen LogP contribution in [0, 0.1) is 10.1 Å². The van der Waals surface area contributed by atoms with Gasteiger partial charge in [0.25, 0.3) is 10.9 Å². The highest BCUT2D eigenvalue weighted by molar-refractivity contribution is 8.00. The third-order valence-corrected chi connectivity index (χ3v) is 4.65. The van der Waals surface area contributed by atoms with Crippen molar-refractivity contribution < 1.29 is 14.1 Å². The highest BCUT2D eigenvalue weighted by atomic mass is 35.5. The Hall–Kier alpha value is -2.91. The van der Waals surface area contributed by atoms with Gasteiger partial charge in [-0.05, 0) is 31.2 Å². The number of amides is 1. The molecule has 0 saturated carbocycles. The number of aromatic nitrogens is 2. The van der Waals surface area contributed by atoms with Crippen molar-refractivity contribution in [1.29, 1.82) is 0 Å². The number of nitrogens with one attached hydrogen (secondary N) is 1. The SMILES string of the molecule is C[C@@H](Sc1nnc(-c2cccc(Cl)c2)o1)C(=O)Nc1ccccc1[N+](=O)[O-]. The van der Waals surface area contributed by atoms with Gasteiger partial charge in [0.2, 0.25) is 11.8 Å². The van der Waals surface area contributed by atoms with E-state index in [1.165, 1.54) is 18.2 Å². The maximum atomic E-state index is 12.4. The first-order valence-electron chi connectivity index (χ1n) is 7.74. The van der Waals surface area contributed by atoms with E-state index >= 15 is 0 Å². The van der Waals surface area contributed by atoms with Crippen LogP contribution in [0.4, 0.5) is 11.4 Å². The van der Waals surface area contributed by atoms with Crippen molar-refractivity contribution in [1.82, 2.24) is 10.2 Å². The molecular weight excluding hydrogens is 392 g/mol. The van der Waals surface area contributed by atoms with Crippen LogP contribution in [0.15, 0.2) is 58.2 Å². The van der Waals surface area contributed by atoms with Gasteiger partial charge in [-0.25, -0.2) is 0 Å². The first-order chi connectivity index (χ1) is 12.9. The topological polar surface area (TPSA) is 111 Å². The molecule has 138 valence electrons. The lowest BCUT2D eigenvalue weighted by Gasteiger charge is -2.10. The van der Waals surface area contributed by atoms with E-state index in [4.69, 9.17) is 16.0 Å². The quantitative estimate of drug-likeness (QED) is 0.367. The fourth-order valence-electron chi connectivity index (χ4n) is 2.17. The van der Waals surface area contributed by atoms with Gasteiger partial charge >= 0.3 is 0 Å². The number of carbonyl (C=O) groups is 1. The number of nitrogens with zero attached hydrogens (tertiary/aromatic N) is 3. The number of nitro benzene ring substituents is 1. The van der Waals surface area contributed by atoms with Gasteiger partial charge in [0.1, 0.15) is 5.69 Å². The number of anilines is 1. The standard InChI is InChI=1S/C17H13ClN4O4S/c1-10(15(23)19-13-7-2-3-8-14(13)22(24)25)27-17-21-20-16(26-17)11-5-4-6-12(18)9-11/h2-10H,1H3,(H,19,23)/t10-/m1/s1. The predicted octanol–water partition coefficient (Wildman–Crippen LogP) is 4.42. The minimum absolute atomic E-state index is 0.130. The summed E-state index contributed by atoms with van der Waals surface area (Å²) in [4.78, 5) is 22.8. The maximum absolute atomic E-state index is 12.4. The van der Waals surface area contributed by atoms with E-state index in [9.17, 15) is 14.9 Å². The molecule has 1 heterocycles. The molecule has 0 aliphatic heterocycles. The van der Waals surface area contributed by atoms with Crippen LogP contribution >= 0.6 is 23.4 Å². The summed E-state index contributed by atoms with van der Waals surface area (Å²) in [5, 5.41) is 21.6. The summed E-state index contributed by atoms with van der Waals surface area (Å²) in [5.41, 5.74) is 0.619. The molecule has 0 aliphatic carbocycles. The second kappa shape index (κ2) is 8.19. The van der Waals surface area contributed by atoms with E-state index < -0.39 is 16.1 Å². The van der Waals surface area contributed by atoms with Crippen molar-refractivity contribution in [3.8, 4) is 11.5 Å². The minimum atomic E-state index is -0.613. The number of hydrogen-bond donors (Lipinski definition) is 1. The van der Waals surface area contributed by atoms with E-state index in [-0.39, 0.29) is 22.5 Å². The largest absolute Gasteiger partial charge is 0.411 e. The fraction of sp³-hybridized carbons (Fsp3) is 0.118. The molecule has 1 amide bonds. The Bertz CT molecular complexity index is 994. The molecule has 0 bridgehead atoms. The zero-order valence-electron chi connectivity index (χ0n) is 14.0. The molecule has 3 aromatic rings. The number of benzene rings is 2. The van der Waals surface area contributed by atoms with E-state index in [1.807, 2.05) is 0 Å². The van der Waals surface area contributed by atoms with Crippen molar-refractivity contribution in [2.45, 2.75) is 17.4 Å². The van der Waals surface area contributed by atoms with E-state index in [0.717, 1.165) is 11.8 Å². The molecule has 0 saturated heterocycles. The molecule has 0 radical (unpaired) electrons. The molecule has 0 aliphatic rings. The Morgan fingerprint density at radius 1 is 1.26 bits per heavy atom. The zero-order valence-corrected chi connectivity index (χ0v) is 15.5. The predicted molar refractivity (Wildman–Crippen MR) is 102 cm³/mol. The molecule has 1 aromatic heterocycles. The van der Waals surface area contributed by atoms with Crippen molar-refractivity contribution in [2.24, 2.45) is 0 Å². The smallest absolute Gasteiger partial charge is 0.292 e. The molecule has 0 fully saturated rings. The number of rotatable bonds is 6. The van der Waals surface area contributed by atoms with Crippen LogP contribution in [0.2, 0.25) is 5.02 Å². The molecule has 27 heavy (non-hydrogen) atoms. The number of para-hydroxylation sites is 2. The van der Waals surface area contributed by atoms with Crippen LogP contribution in [-0.2, 0) is 4.79 Å². The second-order valence-corrected chi connectivity index (χ2v) is 7.14. The zero-order chi connectivity index (χ0) is 19.4. The summed E-state index contributed by atoms with van der Waals surface area (Å²) in [7, 11) is 0. The number of hydrogen-bond acceptors (Lipinski definition) is 7. The first kappa shape index (κ1) is 18.9.